The summed E-state index contributed by atoms with van der Waals surface area (Å²) in [6, 6.07) is 7.18. The van der Waals surface area contributed by atoms with Gasteiger partial charge in [0, 0.05) is 12.1 Å². The van der Waals surface area contributed by atoms with Gasteiger partial charge >= 0.3 is 0 Å². The molecule has 0 aromatic heterocycles. The van der Waals surface area contributed by atoms with E-state index in [-0.39, 0.29) is 11.8 Å². The maximum absolute atomic E-state index is 11.5. The zero-order chi connectivity index (χ0) is 10.7. The molecule has 1 atom stereocenters. The zero-order valence-corrected chi connectivity index (χ0v) is 8.95. The molecule has 1 rings (SSSR count). The third kappa shape index (κ3) is 2.47. The first-order valence-electron chi connectivity index (χ1n) is 4.30. The van der Waals surface area contributed by atoms with Crippen molar-refractivity contribution in [3.63, 3.8) is 0 Å². The topological polar surface area (TPSA) is 46.3 Å². The lowest BCUT2D eigenvalue weighted by molar-refractivity contribution is -0.131. The van der Waals surface area contributed by atoms with Gasteiger partial charge in [-0.1, -0.05) is 23.7 Å². The first kappa shape index (κ1) is 11.0. The molecule has 0 aliphatic carbocycles. The molecular weight excluding hydrogens is 200 g/mol. The van der Waals surface area contributed by atoms with Crippen LogP contribution in [0.3, 0.4) is 0 Å². The van der Waals surface area contributed by atoms with Crippen LogP contribution >= 0.6 is 11.6 Å². The fourth-order valence-corrected chi connectivity index (χ4v) is 1.33. The van der Waals surface area contributed by atoms with Crippen molar-refractivity contribution >= 4 is 17.5 Å². The van der Waals surface area contributed by atoms with E-state index in [0.29, 0.717) is 5.02 Å². The Kier molecular flexibility index (Phi) is 3.49. The van der Waals surface area contributed by atoms with Crippen molar-refractivity contribution in [2.24, 2.45) is 5.84 Å². The van der Waals surface area contributed by atoms with E-state index < -0.39 is 0 Å². The number of nitrogens with zero attached hydrogens (tertiary/aromatic N) is 1. The highest BCUT2D eigenvalue weighted by Crippen LogP contribution is 2.18. The second kappa shape index (κ2) is 4.44. The van der Waals surface area contributed by atoms with E-state index >= 15 is 0 Å². The molecule has 2 N–H and O–H groups in total. The molecule has 1 unspecified atom stereocenters. The Morgan fingerprint density at radius 1 is 1.43 bits per heavy atom. The molecule has 0 heterocycles. The van der Waals surface area contributed by atoms with Crippen molar-refractivity contribution in [3.05, 3.63) is 34.9 Å². The van der Waals surface area contributed by atoms with Crippen LogP contribution in [0.4, 0.5) is 0 Å². The Hall–Kier alpha value is -1.06. The Bertz CT molecular complexity index is 321. The highest BCUT2D eigenvalue weighted by atomic mass is 35.5. The number of likely N-dealkylation sites (N-methyl/N-ethyl adjacent to an activating group) is 1. The van der Waals surface area contributed by atoms with Crippen molar-refractivity contribution < 1.29 is 4.79 Å². The van der Waals surface area contributed by atoms with E-state index in [0.717, 1.165) is 10.6 Å². The fourth-order valence-electron chi connectivity index (χ4n) is 1.20. The molecule has 0 saturated carbocycles. The van der Waals surface area contributed by atoms with Crippen molar-refractivity contribution in [1.29, 1.82) is 0 Å². The van der Waals surface area contributed by atoms with Gasteiger partial charge in [0.05, 0.1) is 5.92 Å². The summed E-state index contributed by atoms with van der Waals surface area (Å²) in [4.78, 5) is 11.5. The van der Waals surface area contributed by atoms with E-state index in [2.05, 4.69) is 0 Å². The van der Waals surface area contributed by atoms with Gasteiger partial charge in [-0.15, -0.1) is 0 Å². The molecule has 4 heteroatoms. The van der Waals surface area contributed by atoms with E-state index in [1.54, 1.807) is 12.1 Å². The third-order valence-corrected chi connectivity index (χ3v) is 2.34. The summed E-state index contributed by atoms with van der Waals surface area (Å²) in [5.74, 6) is 5.01. The largest absolute Gasteiger partial charge is 0.283 e. The Balaban J connectivity index is 2.84. The first-order valence-corrected chi connectivity index (χ1v) is 4.68. The number of halogens is 1. The van der Waals surface area contributed by atoms with Crippen molar-refractivity contribution in [1.82, 2.24) is 5.01 Å². The molecule has 0 spiro atoms. The number of rotatable bonds is 2. The van der Waals surface area contributed by atoms with E-state index in [4.69, 9.17) is 17.4 Å². The van der Waals surface area contributed by atoms with Gasteiger partial charge < -0.3 is 0 Å². The van der Waals surface area contributed by atoms with Crippen molar-refractivity contribution in [2.75, 3.05) is 7.05 Å². The number of amides is 1. The third-order valence-electron chi connectivity index (χ3n) is 2.09. The predicted octanol–water partition coefficient (Wildman–Crippen LogP) is 1.78. The minimum absolute atomic E-state index is 0.118. The summed E-state index contributed by atoms with van der Waals surface area (Å²) < 4.78 is 0. The lowest BCUT2D eigenvalue weighted by atomic mass is 10.0. The molecule has 0 aliphatic heterocycles. The van der Waals surface area contributed by atoms with Gasteiger partial charge in [-0.3, -0.25) is 9.80 Å². The van der Waals surface area contributed by atoms with Gasteiger partial charge in [-0.05, 0) is 24.6 Å². The lowest BCUT2D eigenvalue weighted by Gasteiger charge is -2.16. The van der Waals surface area contributed by atoms with Crippen LogP contribution in [0.25, 0.3) is 0 Å². The summed E-state index contributed by atoms with van der Waals surface area (Å²) in [6.07, 6.45) is 0. The Morgan fingerprint density at radius 3 is 2.36 bits per heavy atom. The lowest BCUT2D eigenvalue weighted by Crippen LogP contribution is -2.36. The van der Waals surface area contributed by atoms with E-state index in [1.807, 2.05) is 19.1 Å². The molecule has 3 nitrogen and oxygen atoms in total. The molecule has 1 aromatic rings. The molecule has 0 saturated heterocycles. The monoisotopic (exact) mass is 212 g/mol. The first-order chi connectivity index (χ1) is 6.52. The van der Waals surface area contributed by atoms with Gasteiger partial charge in [0.2, 0.25) is 5.91 Å². The minimum atomic E-state index is -0.234. The number of nitrogens with two attached hydrogens (primary N) is 1. The van der Waals surface area contributed by atoms with Crippen LogP contribution in [0.5, 0.6) is 0 Å². The van der Waals surface area contributed by atoms with Crippen LogP contribution < -0.4 is 5.84 Å². The summed E-state index contributed by atoms with van der Waals surface area (Å²) in [6.45, 7) is 1.81. The Labute approximate surface area is 88.4 Å². The van der Waals surface area contributed by atoms with Gasteiger partial charge in [0.1, 0.15) is 0 Å². The summed E-state index contributed by atoms with van der Waals surface area (Å²) in [5, 5.41) is 1.76. The smallest absolute Gasteiger partial charge is 0.243 e. The predicted molar refractivity (Wildman–Crippen MR) is 56.8 cm³/mol. The number of hydrazine groups is 1. The van der Waals surface area contributed by atoms with Crippen LogP contribution in [0.1, 0.15) is 18.4 Å². The molecule has 0 aliphatic rings. The Morgan fingerprint density at radius 2 is 1.93 bits per heavy atom. The highest BCUT2D eigenvalue weighted by Gasteiger charge is 2.16. The number of hydrogen-bond donors (Lipinski definition) is 1. The van der Waals surface area contributed by atoms with Gasteiger partial charge in [0.15, 0.2) is 0 Å². The average Bonchev–Trinajstić information content (AvgIpc) is 2.16. The van der Waals surface area contributed by atoms with Crippen LogP contribution in [0.2, 0.25) is 5.02 Å². The fraction of sp³-hybridized carbons (Fsp3) is 0.300. The molecule has 1 aromatic carbocycles. The van der Waals surface area contributed by atoms with Crippen LogP contribution in [0, 0.1) is 0 Å². The number of hydrogen-bond acceptors (Lipinski definition) is 2. The maximum Gasteiger partial charge on any atom is 0.243 e. The number of carbonyl (C=O) groups excluding carboxylic acids is 1. The van der Waals surface area contributed by atoms with Crippen LogP contribution in [-0.4, -0.2) is 18.0 Å². The average molecular weight is 213 g/mol. The SMILES string of the molecule is CC(C(=O)N(C)N)c1ccc(Cl)cc1. The quantitative estimate of drug-likeness (QED) is 0.462. The standard InChI is InChI=1S/C10H13ClN2O/c1-7(10(14)13(2)12)8-3-5-9(11)6-4-8/h3-7H,12H2,1-2H3. The van der Waals surface area contributed by atoms with Crippen molar-refractivity contribution in [3.8, 4) is 0 Å². The second-order valence-electron chi connectivity index (χ2n) is 3.22. The highest BCUT2D eigenvalue weighted by molar-refractivity contribution is 6.30. The van der Waals surface area contributed by atoms with E-state index in [1.165, 1.54) is 7.05 Å². The maximum atomic E-state index is 11.5. The molecule has 76 valence electrons. The normalized spacial score (nSPS) is 12.3. The molecular formula is C10H13ClN2O. The summed E-state index contributed by atoms with van der Waals surface area (Å²) in [5.41, 5.74) is 0.914. The molecule has 0 radical (unpaired) electrons. The van der Waals surface area contributed by atoms with Crippen LogP contribution in [-0.2, 0) is 4.79 Å². The summed E-state index contributed by atoms with van der Waals surface area (Å²) in [7, 11) is 1.54. The second-order valence-corrected chi connectivity index (χ2v) is 3.66. The minimum Gasteiger partial charge on any atom is -0.283 e. The summed E-state index contributed by atoms with van der Waals surface area (Å²) >= 11 is 5.74. The molecule has 1 amide bonds. The molecule has 0 fully saturated rings. The zero-order valence-electron chi connectivity index (χ0n) is 8.20. The number of carbonyl (C=O) groups is 1. The van der Waals surface area contributed by atoms with E-state index in [9.17, 15) is 4.79 Å². The van der Waals surface area contributed by atoms with Gasteiger partial charge in [-0.25, -0.2) is 5.84 Å². The number of benzene rings is 1. The van der Waals surface area contributed by atoms with Crippen LogP contribution in [0.15, 0.2) is 24.3 Å². The van der Waals surface area contributed by atoms with Crippen molar-refractivity contribution in [2.45, 2.75) is 12.8 Å². The van der Waals surface area contributed by atoms with Gasteiger partial charge in [0.25, 0.3) is 0 Å². The van der Waals surface area contributed by atoms with Gasteiger partial charge in [-0.2, -0.15) is 0 Å². The molecule has 0 bridgehead atoms. The molecule has 14 heavy (non-hydrogen) atoms.